The second-order valence-electron chi connectivity index (χ2n) is 7.84. The third-order valence-corrected chi connectivity index (χ3v) is 5.72. The molecule has 1 aromatic rings. The van der Waals surface area contributed by atoms with Gasteiger partial charge in [-0.3, -0.25) is 4.79 Å². The summed E-state index contributed by atoms with van der Waals surface area (Å²) >= 11 is 5.10. The number of rotatable bonds is 10. The average Bonchev–Trinajstić information content (AvgIpc) is 2.99. The number of unbranched alkanes of at least 4 members (excludes halogenated alkanes) is 1. The molecular weight excluding hydrogens is 447 g/mol. The van der Waals surface area contributed by atoms with Gasteiger partial charge < -0.3 is 25.4 Å². The number of carbonyl (C=O) groups is 1. The van der Waals surface area contributed by atoms with Crippen LogP contribution < -0.4 is 5.32 Å². The van der Waals surface area contributed by atoms with Crippen molar-refractivity contribution in [2.24, 2.45) is 11.8 Å². The maximum Gasteiger partial charge on any atom is 0.416 e. The smallest absolute Gasteiger partial charge is 0.416 e. The summed E-state index contributed by atoms with van der Waals surface area (Å²) in [6.07, 6.45) is -0.203. The van der Waals surface area contributed by atoms with Gasteiger partial charge in [0.2, 0.25) is 0 Å². The zero-order valence-corrected chi connectivity index (χ0v) is 18.2. The van der Waals surface area contributed by atoms with Crippen LogP contribution in [0.15, 0.2) is 36.4 Å². The Bertz CT molecular complexity index is 802. The molecule has 4 atom stereocenters. The first-order valence-electron chi connectivity index (χ1n) is 10.4. The fourth-order valence-electron chi connectivity index (χ4n) is 3.73. The third kappa shape index (κ3) is 8.40. The topological polar surface area (TPSA) is 99.0 Å². The van der Waals surface area contributed by atoms with Crippen molar-refractivity contribution in [1.29, 1.82) is 0 Å². The summed E-state index contributed by atoms with van der Waals surface area (Å²) in [5.41, 5.74) is -0.349. The first-order chi connectivity index (χ1) is 15.1. The van der Waals surface area contributed by atoms with E-state index in [1.807, 2.05) is 12.2 Å². The molecule has 0 amide bonds. The molecule has 0 aliphatic heterocycles. The number of hydrogen-bond acceptors (Lipinski definition) is 5. The van der Waals surface area contributed by atoms with Crippen LogP contribution in [0.1, 0.15) is 43.2 Å². The number of alkyl halides is 3. The van der Waals surface area contributed by atoms with Crippen molar-refractivity contribution in [3.8, 4) is 0 Å². The number of nitrogens with one attached hydrogen (secondary N) is 1. The van der Waals surface area contributed by atoms with Crippen LogP contribution in [-0.2, 0) is 22.3 Å². The van der Waals surface area contributed by atoms with Crippen LogP contribution in [0.5, 0.6) is 0 Å². The second-order valence-corrected chi connectivity index (χ2v) is 8.21. The maximum absolute atomic E-state index is 12.8. The molecule has 1 aliphatic carbocycles. The van der Waals surface area contributed by atoms with Gasteiger partial charge in [-0.25, -0.2) is 0 Å². The molecule has 1 saturated carbocycles. The second kappa shape index (κ2) is 12.2. The van der Waals surface area contributed by atoms with Gasteiger partial charge >= 0.3 is 12.1 Å². The number of ether oxygens (including phenoxy) is 1. The van der Waals surface area contributed by atoms with Crippen LogP contribution in [0.3, 0.4) is 0 Å². The van der Waals surface area contributed by atoms with Crippen molar-refractivity contribution < 1.29 is 38.0 Å². The number of carboxylic acid groups (broad SMARTS) is 1. The number of aliphatic hydroxyl groups excluding tert-OH is 2. The van der Waals surface area contributed by atoms with Gasteiger partial charge in [-0.1, -0.05) is 24.3 Å². The van der Waals surface area contributed by atoms with E-state index in [0.717, 1.165) is 12.1 Å². The molecule has 4 N–H and O–H groups in total. The Morgan fingerprint density at radius 2 is 1.94 bits per heavy atom. The maximum atomic E-state index is 12.8. The summed E-state index contributed by atoms with van der Waals surface area (Å²) in [6, 6.07) is 4.89. The Balaban J connectivity index is 1.80. The Hall–Kier alpha value is -2.17. The van der Waals surface area contributed by atoms with E-state index in [4.69, 9.17) is 22.1 Å². The number of aliphatic carboxylic acids is 1. The first kappa shape index (κ1) is 26.1. The molecule has 178 valence electrons. The van der Waals surface area contributed by atoms with Gasteiger partial charge in [-0.2, -0.15) is 13.2 Å². The standard InChI is InChI=1S/C22H28F3NO5S/c23-22(24,25)15-7-5-6-14(10-15)12-26-21(32)31-13-17-16(18(27)11-19(17)28)8-3-1-2-4-9-20(29)30/h1,3,5-7,10,16-19,27-28H,2,4,8-9,11-13H2,(H,26,32)(H,29,30)/t16-,17-,18?,19?/m1/s1. The molecule has 0 spiro atoms. The molecule has 1 aromatic carbocycles. The van der Waals surface area contributed by atoms with Crippen LogP contribution in [0.2, 0.25) is 0 Å². The number of thiocarbonyl (C=S) groups is 1. The van der Waals surface area contributed by atoms with Crippen LogP contribution in [-0.4, -0.2) is 45.3 Å². The highest BCUT2D eigenvalue weighted by molar-refractivity contribution is 7.80. The highest BCUT2D eigenvalue weighted by Crippen LogP contribution is 2.35. The summed E-state index contributed by atoms with van der Waals surface area (Å²) in [5.74, 6) is -1.45. The molecule has 2 unspecified atom stereocenters. The highest BCUT2D eigenvalue weighted by atomic mass is 32.1. The van der Waals surface area contributed by atoms with E-state index in [-0.39, 0.29) is 43.0 Å². The fraction of sp³-hybridized carbons (Fsp3) is 0.545. The molecule has 0 saturated heterocycles. The zero-order valence-electron chi connectivity index (χ0n) is 17.4. The molecular formula is C22H28F3NO5S. The summed E-state index contributed by atoms with van der Waals surface area (Å²) in [7, 11) is 0. The van der Waals surface area contributed by atoms with Crippen molar-refractivity contribution >= 4 is 23.4 Å². The summed E-state index contributed by atoms with van der Waals surface area (Å²) in [6.45, 7) is 0.116. The fourth-order valence-corrected chi connectivity index (χ4v) is 3.87. The van der Waals surface area contributed by atoms with Gasteiger partial charge in [-0.05, 0) is 61.5 Å². The molecule has 6 nitrogen and oxygen atoms in total. The highest BCUT2D eigenvalue weighted by Gasteiger charge is 2.41. The molecule has 0 bridgehead atoms. The Morgan fingerprint density at radius 1 is 1.22 bits per heavy atom. The van der Waals surface area contributed by atoms with E-state index in [1.54, 1.807) is 6.07 Å². The van der Waals surface area contributed by atoms with Gasteiger partial charge in [0.15, 0.2) is 0 Å². The number of hydrogen-bond donors (Lipinski definition) is 4. The van der Waals surface area contributed by atoms with Crippen molar-refractivity contribution in [2.45, 2.75) is 57.0 Å². The predicted octanol–water partition coefficient (Wildman–Crippen LogP) is 3.66. The number of carboxylic acids is 1. The van der Waals surface area contributed by atoms with E-state index >= 15 is 0 Å². The van der Waals surface area contributed by atoms with E-state index < -0.39 is 29.9 Å². The van der Waals surface area contributed by atoms with Crippen molar-refractivity contribution in [3.63, 3.8) is 0 Å². The van der Waals surface area contributed by atoms with Crippen LogP contribution in [0, 0.1) is 11.8 Å². The van der Waals surface area contributed by atoms with E-state index in [0.29, 0.717) is 24.8 Å². The van der Waals surface area contributed by atoms with E-state index in [9.17, 15) is 28.2 Å². The molecule has 1 aliphatic rings. The van der Waals surface area contributed by atoms with Gasteiger partial charge in [0.05, 0.1) is 24.4 Å². The quantitative estimate of drug-likeness (QED) is 0.233. The number of aliphatic hydroxyl groups is 2. The lowest BCUT2D eigenvalue weighted by molar-refractivity contribution is -0.138. The molecule has 0 heterocycles. The largest absolute Gasteiger partial charge is 0.481 e. The van der Waals surface area contributed by atoms with Gasteiger partial charge in [-0.15, -0.1) is 0 Å². The minimum atomic E-state index is -4.42. The molecule has 32 heavy (non-hydrogen) atoms. The van der Waals surface area contributed by atoms with E-state index in [1.165, 1.54) is 6.07 Å². The predicted molar refractivity (Wildman–Crippen MR) is 116 cm³/mol. The minimum absolute atomic E-state index is 0.000959. The normalized spacial score (nSPS) is 23.4. The zero-order chi connectivity index (χ0) is 23.7. The number of halogens is 3. The SMILES string of the molecule is O=C(O)CCCC=CC[C@H]1C(O)CC(O)[C@@H]1COC(=S)NCc1cccc(C(F)(F)F)c1. The summed E-state index contributed by atoms with van der Waals surface area (Å²) < 4.78 is 43.9. The third-order valence-electron chi connectivity index (χ3n) is 5.46. The van der Waals surface area contributed by atoms with Crippen LogP contribution in [0.25, 0.3) is 0 Å². The average molecular weight is 476 g/mol. The molecule has 0 aromatic heterocycles. The van der Waals surface area contributed by atoms with Gasteiger partial charge in [0.1, 0.15) is 0 Å². The molecule has 1 fully saturated rings. The monoisotopic (exact) mass is 475 g/mol. The van der Waals surface area contributed by atoms with Crippen molar-refractivity contribution in [1.82, 2.24) is 5.32 Å². The molecule has 10 heteroatoms. The Morgan fingerprint density at radius 3 is 2.62 bits per heavy atom. The lowest BCUT2D eigenvalue weighted by Crippen LogP contribution is -2.31. The van der Waals surface area contributed by atoms with Crippen LogP contribution >= 0.6 is 12.2 Å². The summed E-state index contributed by atoms with van der Waals surface area (Å²) in [5, 5.41) is 31.9. The Labute approximate surface area is 190 Å². The molecule has 0 radical (unpaired) electrons. The van der Waals surface area contributed by atoms with Crippen molar-refractivity contribution in [2.75, 3.05) is 6.61 Å². The Kier molecular flexibility index (Phi) is 9.92. The number of benzene rings is 1. The van der Waals surface area contributed by atoms with Crippen molar-refractivity contribution in [3.05, 3.63) is 47.5 Å². The van der Waals surface area contributed by atoms with Crippen LogP contribution in [0.4, 0.5) is 13.2 Å². The minimum Gasteiger partial charge on any atom is -0.481 e. The number of allylic oxidation sites excluding steroid dienone is 2. The van der Waals surface area contributed by atoms with Gasteiger partial charge in [0.25, 0.3) is 5.17 Å². The van der Waals surface area contributed by atoms with Gasteiger partial charge in [0, 0.05) is 18.9 Å². The summed E-state index contributed by atoms with van der Waals surface area (Å²) in [4.78, 5) is 10.5. The first-order valence-corrected chi connectivity index (χ1v) is 10.8. The van der Waals surface area contributed by atoms with E-state index in [2.05, 4.69) is 5.32 Å². The lowest BCUT2D eigenvalue weighted by Gasteiger charge is -2.23. The molecule has 2 rings (SSSR count). The lowest BCUT2D eigenvalue weighted by atomic mass is 9.91.